The minimum absolute atomic E-state index is 0.00195. The summed E-state index contributed by atoms with van der Waals surface area (Å²) in [6.45, 7) is 35.5. The van der Waals surface area contributed by atoms with E-state index >= 15 is 0 Å². The van der Waals surface area contributed by atoms with Crippen LogP contribution in [0.15, 0.2) is 158 Å². The molecule has 0 aliphatic carbocycles. The summed E-state index contributed by atoms with van der Waals surface area (Å²) in [4.78, 5) is 5.27. The Bertz CT molecular complexity index is 3610. The molecule has 0 radical (unpaired) electrons. The maximum Gasteiger partial charge on any atom is 0.252 e. The summed E-state index contributed by atoms with van der Waals surface area (Å²) < 4.78 is 0. The fourth-order valence-electron chi connectivity index (χ4n) is 11.8. The predicted molar refractivity (Wildman–Crippen MR) is 321 cm³/mol. The van der Waals surface area contributed by atoms with E-state index in [0.717, 1.165) is 12.8 Å². The molecular weight excluding hydrogens is 880 g/mol. The summed E-state index contributed by atoms with van der Waals surface area (Å²) in [6.07, 6.45) is 2.10. The van der Waals surface area contributed by atoms with E-state index in [4.69, 9.17) is 0 Å². The number of rotatable bonds is 7. The van der Waals surface area contributed by atoms with E-state index in [9.17, 15) is 0 Å². The van der Waals surface area contributed by atoms with E-state index in [2.05, 4.69) is 271 Å². The quantitative estimate of drug-likeness (QED) is 0.116. The highest BCUT2D eigenvalue weighted by Gasteiger charge is 2.45. The second kappa shape index (κ2) is 17.0. The summed E-state index contributed by atoms with van der Waals surface area (Å²) in [5.41, 5.74) is 20.6. The fraction of sp³-hybridized carbons (Fsp3) is 0.314. The van der Waals surface area contributed by atoms with Gasteiger partial charge in [0.15, 0.2) is 0 Å². The van der Waals surface area contributed by atoms with E-state index in [1.165, 1.54) is 122 Å². The molecule has 2 aliphatic heterocycles. The molecule has 2 nitrogen and oxygen atoms in total. The lowest BCUT2D eigenvalue weighted by atomic mass is 9.33. The highest BCUT2D eigenvalue weighted by Crippen LogP contribution is 2.50. The summed E-state index contributed by atoms with van der Waals surface area (Å²) in [7, 11) is 0. The van der Waals surface area contributed by atoms with Crippen LogP contribution >= 0.6 is 0 Å². The third-order valence-corrected chi connectivity index (χ3v) is 17.4. The third kappa shape index (κ3) is 8.00. The second-order valence-corrected chi connectivity index (χ2v) is 25.9. The lowest BCUT2D eigenvalue weighted by molar-refractivity contribution is 0.506. The first-order valence-corrected chi connectivity index (χ1v) is 27.2. The van der Waals surface area contributed by atoms with Crippen molar-refractivity contribution in [1.82, 2.24) is 0 Å². The molecule has 0 amide bonds. The Morgan fingerprint density at radius 1 is 0.342 bits per heavy atom. The van der Waals surface area contributed by atoms with Gasteiger partial charge in [-0.15, -0.1) is 0 Å². The Morgan fingerprint density at radius 2 is 0.781 bits per heavy atom. The van der Waals surface area contributed by atoms with Crippen molar-refractivity contribution in [2.75, 3.05) is 9.80 Å². The van der Waals surface area contributed by atoms with Crippen LogP contribution < -0.4 is 26.2 Å². The van der Waals surface area contributed by atoms with Gasteiger partial charge < -0.3 is 9.80 Å². The Labute approximate surface area is 437 Å². The van der Waals surface area contributed by atoms with Gasteiger partial charge in [0.25, 0.3) is 6.71 Å². The van der Waals surface area contributed by atoms with Crippen molar-refractivity contribution < 1.29 is 0 Å². The van der Waals surface area contributed by atoms with Crippen LogP contribution in [-0.4, -0.2) is 6.71 Å². The zero-order valence-corrected chi connectivity index (χ0v) is 46.4. The molecule has 9 aromatic carbocycles. The van der Waals surface area contributed by atoms with Crippen LogP contribution in [-0.2, 0) is 27.1 Å². The lowest BCUT2D eigenvalue weighted by Crippen LogP contribution is -2.61. The highest BCUT2D eigenvalue weighted by molar-refractivity contribution is 7.00. The van der Waals surface area contributed by atoms with E-state index in [0.29, 0.717) is 0 Å². The van der Waals surface area contributed by atoms with Crippen LogP contribution in [0.2, 0.25) is 0 Å². The van der Waals surface area contributed by atoms with Gasteiger partial charge in [0, 0.05) is 34.0 Å². The molecule has 0 aromatic heterocycles. The predicted octanol–water partition coefficient (Wildman–Crippen LogP) is 18.2. The summed E-state index contributed by atoms with van der Waals surface area (Å²) in [5, 5.41) is 7.75. The number of fused-ring (bicyclic) bond motifs is 10. The SMILES string of the molecule is CCC(C)(C)c1ccc2c(c1)B1c3cc(C(C)(C)CC)ccc3N(c3ccc(C(C)(C)C)cc3-c3ccc4c5ccccc5c5ccccc5c4c3)c3cccc(c31)N2c1cc(C(C)(C)C)cc(C(C)(C)C)c1. The maximum atomic E-state index is 2.65. The molecule has 73 heavy (non-hydrogen) atoms. The van der Waals surface area contributed by atoms with Gasteiger partial charge >= 0.3 is 0 Å². The molecule has 0 spiro atoms. The molecule has 0 saturated carbocycles. The molecule has 0 fully saturated rings. The molecular formula is C70H75BN2. The Morgan fingerprint density at radius 3 is 1.27 bits per heavy atom. The van der Waals surface area contributed by atoms with Gasteiger partial charge in [-0.1, -0.05) is 207 Å². The van der Waals surface area contributed by atoms with E-state index in [1.807, 2.05) is 0 Å². The van der Waals surface area contributed by atoms with Gasteiger partial charge in [-0.3, -0.25) is 0 Å². The number of anilines is 6. The maximum absolute atomic E-state index is 2.65. The second-order valence-electron chi connectivity index (χ2n) is 25.9. The van der Waals surface area contributed by atoms with Gasteiger partial charge in [-0.2, -0.15) is 0 Å². The first-order chi connectivity index (χ1) is 34.5. The molecule has 0 saturated heterocycles. The van der Waals surface area contributed by atoms with Crippen molar-refractivity contribution in [3.8, 4) is 11.1 Å². The molecule has 2 aliphatic rings. The number of nitrogens with zero attached hydrogens (tertiary/aromatic N) is 2. The minimum Gasteiger partial charge on any atom is -0.311 e. The molecule has 0 unspecified atom stereocenters. The first-order valence-electron chi connectivity index (χ1n) is 27.2. The van der Waals surface area contributed by atoms with Gasteiger partial charge in [-0.25, -0.2) is 0 Å². The van der Waals surface area contributed by atoms with Crippen molar-refractivity contribution in [3.63, 3.8) is 0 Å². The van der Waals surface area contributed by atoms with Gasteiger partial charge in [0.1, 0.15) is 0 Å². The lowest BCUT2D eigenvalue weighted by Gasteiger charge is -2.45. The Kier molecular flexibility index (Phi) is 11.3. The minimum atomic E-state index is -0.0633. The van der Waals surface area contributed by atoms with E-state index < -0.39 is 0 Å². The van der Waals surface area contributed by atoms with Crippen molar-refractivity contribution in [1.29, 1.82) is 0 Å². The molecule has 9 aromatic rings. The van der Waals surface area contributed by atoms with Crippen molar-refractivity contribution >= 4 is 89.5 Å². The third-order valence-electron chi connectivity index (χ3n) is 17.4. The monoisotopic (exact) mass is 955 g/mol. The number of hydrogen-bond donors (Lipinski definition) is 0. The van der Waals surface area contributed by atoms with Crippen LogP contribution in [0.5, 0.6) is 0 Å². The van der Waals surface area contributed by atoms with Gasteiger partial charge in [-0.05, 0) is 177 Å². The van der Waals surface area contributed by atoms with Crippen LogP contribution in [0.25, 0.3) is 43.4 Å². The van der Waals surface area contributed by atoms with Crippen LogP contribution in [0, 0.1) is 0 Å². The Hall–Kier alpha value is -6.58. The zero-order valence-electron chi connectivity index (χ0n) is 46.4. The van der Waals surface area contributed by atoms with Gasteiger partial charge in [0.2, 0.25) is 0 Å². The van der Waals surface area contributed by atoms with Crippen molar-refractivity contribution in [3.05, 3.63) is 186 Å². The number of hydrogen-bond acceptors (Lipinski definition) is 2. The average Bonchev–Trinajstić information content (AvgIpc) is 3.38. The first kappa shape index (κ1) is 48.7. The topological polar surface area (TPSA) is 6.48 Å². The van der Waals surface area contributed by atoms with E-state index in [-0.39, 0.29) is 33.8 Å². The standard InChI is InChI=1S/C70H75BN2/c1-16-69(12,13)46-31-35-61-58(42-46)71-59-43-47(70(14,15)17-2)32-36-62(59)73(64-28-22-27-63(65(64)71)72(61)50-39-48(67(6,7)8)38-49(40-50)68(9,10)11)60-34-30-45(66(3,4)5)41-56(60)44-29-33-55-53-25-19-18-23-51(53)52-24-20-21-26-54(52)57(55)37-44/h18-43H,16-17H2,1-15H3. The molecule has 0 bridgehead atoms. The largest absolute Gasteiger partial charge is 0.311 e. The molecule has 11 rings (SSSR count). The van der Waals surface area contributed by atoms with Crippen molar-refractivity contribution in [2.24, 2.45) is 0 Å². The molecule has 368 valence electrons. The smallest absolute Gasteiger partial charge is 0.252 e. The van der Waals surface area contributed by atoms with Crippen molar-refractivity contribution in [2.45, 2.75) is 144 Å². The fourth-order valence-corrected chi connectivity index (χ4v) is 11.8. The normalized spacial score (nSPS) is 14.0. The summed E-state index contributed by atoms with van der Waals surface area (Å²) >= 11 is 0. The summed E-state index contributed by atoms with van der Waals surface area (Å²) in [6, 6.07) is 62.0. The molecule has 0 atom stereocenters. The summed E-state index contributed by atoms with van der Waals surface area (Å²) in [5.74, 6) is 0. The van der Waals surface area contributed by atoms with Crippen LogP contribution in [0.3, 0.4) is 0 Å². The molecule has 0 N–H and O–H groups in total. The highest BCUT2D eigenvalue weighted by atomic mass is 15.2. The number of benzene rings is 9. The van der Waals surface area contributed by atoms with Gasteiger partial charge in [0.05, 0.1) is 5.69 Å². The average molecular weight is 955 g/mol. The molecule has 2 heterocycles. The van der Waals surface area contributed by atoms with E-state index in [1.54, 1.807) is 0 Å². The van der Waals surface area contributed by atoms with Crippen LogP contribution in [0.1, 0.15) is 145 Å². The van der Waals surface area contributed by atoms with Crippen LogP contribution in [0.4, 0.5) is 34.1 Å². The Balaban J connectivity index is 1.24. The zero-order chi connectivity index (χ0) is 51.7. The molecule has 3 heteroatoms.